The molecule has 0 spiro atoms. The second-order valence-electron chi connectivity index (χ2n) is 4.53. The number of ether oxygens (including phenoxy) is 1. The summed E-state index contributed by atoms with van der Waals surface area (Å²) in [6, 6.07) is 11.0. The van der Waals surface area contributed by atoms with E-state index in [1.165, 1.54) is 7.11 Å². The van der Waals surface area contributed by atoms with Crippen LogP contribution in [-0.2, 0) is 11.2 Å². The van der Waals surface area contributed by atoms with Gasteiger partial charge in [0.15, 0.2) is 5.65 Å². The van der Waals surface area contributed by atoms with E-state index in [4.69, 9.17) is 16.3 Å². The summed E-state index contributed by atoms with van der Waals surface area (Å²) >= 11 is 5.98. The van der Waals surface area contributed by atoms with E-state index < -0.39 is 5.97 Å². The standard InChI is InChI=1S/C15H12ClN3O2/c1-21-15(20)12-6-3-7-19-13(17-18-14(12)19)9-10-4-2-5-11(16)8-10/h2-8H,9H2,1H3. The van der Waals surface area contributed by atoms with Gasteiger partial charge in [-0.25, -0.2) is 4.79 Å². The molecule has 0 atom stereocenters. The minimum absolute atomic E-state index is 0.393. The van der Waals surface area contributed by atoms with Crippen LogP contribution in [0.5, 0.6) is 0 Å². The molecule has 0 unspecified atom stereocenters. The predicted octanol–water partition coefficient (Wildman–Crippen LogP) is 2.76. The summed E-state index contributed by atoms with van der Waals surface area (Å²) in [7, 11) is 1.34. The first-order chi connectivity index (χ1) is 10.2. The van der Waals surface area contributed by atoms with Gasteiger partial charge in [-0.05, 0) is 29.8 Å². The van der Waals surface area contributed by atoms with Gasteiger partial charge in [-0.1, -0.05) is 23.7 Å². The first kappa shape index (κ1) is 13.6. The van der Waals surface area contributed by atoms with E-state index in [1.54, 1.807) is 16.5 Å². The lowest BCUT2D eigenvalue weighted by molar-refractivity contribution is 0.0602. The number of halogens is 1. The number of aromatic nitrogens is 3. The van der Waals surface area contributed by atoms with Crippen molar-refractivity contribution in [3.05, 3.63) is 64.6 Å². The fourth-order valence-corrected chi connectivity index (χ4v) is 2.40. The summed E-state index contributed by atoms with van der Waals surface area (Å²) < 4.78 is 6.54. The molecule has 0 saturated carbocycles. The quantitative estimate of drug-likeness (QED) is 0.698. The van der Waals surface area contributed by atoms with Crippen LogP contribution in [0.25, 0.3) is 5.65 Å². The van der Waals surface area contributed by atoms with Gasteiger partial charge in [0.25, 0.3) is 0 Å². The summed E-state index contributed by atoms with van der Waals surface area (Å²) in [5.74, 6) is 0.306. The SMILES string of the molecule is COC(=O)c1cccn2c(Cc3cccc(Cl)c3)nnc12. The Kier molecular flexibility index (Phi) is 3.58. The maximum absolute atomic E-state index is 11.7. The van der Waals surface area contributed by atoms with Gasteiger partial charge in [0.05, 0.1) is 7.11 Å². The van der Waals surface area contributed by atoms with Crippen molar-refractivity contribution in [1.82, 2.24) is 14.6 Å². The molecule has 0 amide bonds. The molecule has 2 aromatic heterocycles. The molecule has 0 aliphatic carbocycles. The van der Waals surface area contributed by atoms with Crippen molar-refractivity contribution < 1.29 is 9.53 Å². The van der Waals surface area contributed by atoms with Crippen LogP contribution in [0.15, 0.2) is 42.6 Å². The third-order valence-corrected chi connectivity index (χ3v) is 3.40. The average molecular weight is 302 g/mol. The topological polar surface area (TPSA) is 56.5 Å². The summed E-state index contributed by atoms with van der Waals surface area (Å²) in [5.41, 5.74) is 1.91. The smallest absolute Gasteiger partial charge is 0.341 e. The number of carbonyl (C=O) groups is 1. The van der Waals surface area contributed by atoms with Crippen LogP contribution >= 0.6 is 11.6 Å². The zero-order chi connectivity index (χ0) is 14.8. The predicted molar refractivity (Wildman–Crippen MR) is 78.6 cm³/mol. The fraction of sp³-hybridized carbons (Fsp3) is 0.133. The van der Waals surface area contributed by atoms with E-state index in [0.29, 0.717) is 22.7 Å². The molecule has 0 aliphatic rings. The summed E-state index contributed by atoms with van der Waals surface area (Å²) in [6.45, 7) is 0. The molecule has 6 heteroatoms. The molecular weight excluding hydrogens is 290 g/mol. The molecule has 3 rings (SSSR count). The van der Waals surface area contributed by atoms with Crippen LogP contribution in [0.4, 0.5) is 0 Å². The number of hydrogen-bond acceptors (Lipinski definition) is 4. The van der Waals surface area contributed by atoms with Crippen molar-refractivity contribution in [3.63, 3.8) is 0 Å². The van der Waals surface area contributed by atoms with Gasteiger partial charge < -0.3 is 4.74 Å². The molecular formula is C15H12ClN3O2. The summed E-state index contributed by atoms with van der Waals surface area (Å²) in [5, 5.41) is 8.92. The highest BCUT2D eigenvalue weighted by molar-refractivity contribution is 6.30. The fourth-order valence-electron chi connectivity index (χ4n) is 2.18. The van der Waals surface area contributed by atoms with Gasteiger partial charge in [0, 0.05) is 17.6 Å². The third-order valence-electron chi connectivity index (χ3n) is 3.16. The lowest BCUT2D eigenvalue weighted by Gasteiger charge is -2.03. The van der Waals surface area contributed by atoms with Gasteiger partial charge in [0.2, 0.25) is 0 Å². The largest absolute Gasteiger partial charge is 0.465 e. The van der Waals surface area contributed by atoms with E-state index >= 15 is 0 Å². The third kappa shape index (κ3) is 2.60. The van der Waals surface area contributed by atoms with Crippen LogP contribution < -0.4 is 0 Å². The lowest BCUT2D eigenvalue weighted by Crippen LogP contribution is -2.05. The molecule has 0 fully saturated rings. The Morgan fingerprint density at radius 1 is 1.29 bits per heavy atom. The summed E-state index contributed by atoms with van der Waals surface area (Å²) in [4.78, 5) is 11.7. The first-order valence-corrected chi connectivity index (χ1v) is 6.72. The van der Waals surface area contributed by atoms with Crippen molar-refractivity contribution in [2.24, 2.45) is 0 Å². The first-order valence-electron chi connectivity index (χ1n) is 6.34. The van der Waals surface area contributed by atoms with Gasteiger partial charge >= 0.3 is 5.97 Å². The van der Waals surface area contributed by atoms with Crippen LogP contribution in [0.3, 0.4) is 0 Å². The van der Waals surface area contributed by atoms with Gasteiger partial charge in [-0.2, -0.15) is 0 Å². The van der Waals surface area contributed by atoms with Crippen molar-refractivity contribution in [2.45, 2.75) is 6.42 Å². The average Bonchev–Trinajstić information content (AvgIpc) is 2.90. The molecule has 5 nitrogen and oxygen atoms in total. The monoisotopic (exact) mass is 301 g/mol. The number of esters is 1. The molecule has 3 aromatic rings. The number of methoxy groups -OCH3 is 1. The Morgan fingerprint density at radius 2 is 2.14 bits per heavy atom. The minimum Gasteiger partial charge on any atom is -0.465 e. The second-order valence-corrected chi connectivity index (χ2v) is 4.97. The number of pyridine rings is 1. The van der Waals surface area contributed by atoms with Crippen molar-refractivity contribution >= 4 is 23.2 Å². The Bertz CT molecular complexity index is 814. The highest BCUT2D eigenvalue weighted by Crippen LogP contribution is 2.16. The van der Waals surface area contributed by atoms with E-state index in [0.717, 1.165) is 11.4 Å². The van der Waals surface area contributed by atoms with Crippen molar-refractivity contribution in [2.75, 3.05) is 7.11 Å². The number of benzene rings is 1. The van der Waals surface area contributed by atoms with E-state index in [2.05, 4.69) is 10.2 Å². The van der Waals surface area contributed by atoms with Crippen LogP contribution in [0.1, 0.15) is 21.7 Å². The van der Waals surface area contributed by atoms with E-state index in [9.17, 15) is 4.79 Å². The minimum atomic E-state index is -0.428. The van der Waals surface area contributed by atoms with E-state index in [-0.39, 0.29) is 0 Å². The molecule has 0 radical (unpaired) electrons. The number of rotatable bonds is 3. The van der Waals surface area contributed by atoms with Gasteiger partial charge in [-0.15, -0.1) is 10.2 Å². The van der Waals surface area contributed by atoms with Crippen LogP contribution in [0, 0.1) is 0 Å². The zero-order valence-corrected chi connectivity index (χ0v) is 12.0. The highest BCUT2D eigenvalue weighted by atomic mass is 35.5. The highest BCUT2D eigenvalue weighted by Gasteiger charge is 2.15. The Morgan fingerprint density at radius 3 is 2.90 bits per heavy atom. The molecule has 106 valence electrons. The zero-order valence-electron chi connectivity index (χ0n) is 11.3. The molecule has 0 aliphatic heterocycles. The normalized spacial score (nSPS) is 10.8. The summed E-state index contributed by atoms with van der Waals surface area (Å²) in [6.07, 6.45) is 2.40. The number of hydrogen-bond donors (Lipinski definition) is 0. The second kappa shape index (κ2) is 5.54. The van der Waals surface area contributed by atoms with Gasteiger partial charge in [-0.3, -0.25) is 4.40 Å². The van der Waals surface area contributed by atoms with Crippen LogP contribution in [0.2, 0.25) is 5.02 Å². The lowest BCUT2D eigenvalue weighted by atomic mass is 10.1. The maximum Gasteiger partial charge on any atom is 0.341 e. The molecule has 0 saturated heterocycles. The molecule has 1 aromatic carbocycles. The molecule has 21 heavy (non-hydrogen) atoms. The van der Waals surface area contributed by atoms with Crippen LogP contribution in [-0.4, -0.2) is 27.7 Å². The van der Waals surface area contributed by atoms with E-state index in [1.807, 2.05) is 30.5 Å². The number of carbonyl (C=O) groups excluding carboxylic acids is 1. The number of nitrogens with zero attached hydrogens (tertiary/aromatic N) is 3. The van der Waals surface area contributed by atoms with Crippen molar-refractivity contribution in [1.29, 1.82) is 0 Å². The molecule has 2 heterocycles. The molecule has 0 N–H and O–H groups in total. The Labute approximate surface area is 126 Å². The Hall–Kier alpha value is -2.40. The number of fused-ring (bicyclic) bond motifs is 1. The maximum atomic E-state index is 11.7. The van der Waals surface area contributed by atoms with Gasteiger partial charge in [0.1, 0.15) is 11.4 Å². The Balaban J connectivity index is 2.03. The molecule has 0 bridgehead atoms. The van der Waals surface area contributed by atoms with Crippen molar-refractivity contribution in [3.8, 4) is 0 Å².